The van der Waals surface area contributed by atoms with E-state index in [-0.39, 0.29) is 11.9 Å². The van der Waals surface area contributed by atoms with Crippen molar-refractivity contribution in [3.05, 3.63) is 59.7 Å². The van der Waals surface area contributed by atoms with Crippen molar-refractivity contribution >= 4 is 17.5 Å². The molecule has 0 unspecified atom stereocenters. The number of primary amides is 1. The quantitative estimate of drug-likeness (QED) is 0.804. The van der Waals surface area contributed by atoms with E-state index in [0.29, 0.717) is 17.8 Å². The second-order valence-corrected chi connectivity index (χ2v) is 7.10. The van der Waals surface area contributed by atoms with Crippen LogP contribution < -0.4 is 15.8 Å². The molecule has 1 aliphatic rings. The van der Waals surface area contributed by atoms with Gasteiger partial charge in [0, 0.05) is 17.3 Å². The molecule has 6 nitrogen and oxygen atoms in total. The molecule has 28 heavy (non-hydrogen) atoms. The summed E-state index contributed by atoms with van der Waals surface area (Å²) in [6, 6.07) is 15.0. The third kappa shape index (κ3) is 5.10. The van der Waals surface area contributed by atoms with Gasteiger partial charge in [-0.15, -0.1) is 0 Å². The zero-order valence-electron chi connectivity index (χ0n) is 16.2. The molecule has 0 aliphatic carbocycles. The summed E-state index contributed by atoms with van der Waals surface area (Å²) in [7, 11) is 1.66. The fourth-order valence-corrected chi connectivity index (χ4v) is 3.66. The molecule has 2 aromatic rings. The predicted octanol–water partition coefficient (Wildman–Crippen LogP) is 3.35. The number of hydrogen-bond acceptors (Lipinski definition) is 4. The van der Waals surface area contributed by atoms with Gasteiger partial charge in [0.2, 0.25) is 11.8 Å². The fourth-order valence-electron chi connectivity index (χ4n) is 3.66. The second-order valence-electron chi connectivity index (χ2n) is 7.10. The summed E-state index contributed by atoms with van der Waals surface area (Å²) in [5.41, 5.74) is 7.54. The largest absolute Gasteiger partial charge is 0.497 e. The normalized spacial score (nSPS) is 17.5. The van der Waals surface area contributed by atoms with Crippen LogP contribution in [0, 0.1) is 0 Å². The lowest BCUT2D eigenvalue weighted by molar-refractivity contribution is -0.117. The highest BCUT2D eigenvalue weighted by Gasteiger charge is 2.24. The van der Waals surface area contributed by atoms with Crippen molar-refractivity contribution in [2.75, 3.05) is 25.5 Å². The van der Waals surface area contributed by atoms with E-state index in [9.17, 15) is 9.59 Å². The fraction of sp³-hybridized carbons (Fsp3) is 0.364. The number of anilines is 1. The summed E-state index contributed by atoms with van der Waals surface area (Å²) in [5.74, 6) is 0.290. The maximum atomic E-state index is 12.6. The van der Waals surface area contributed by atoms with Crippen molar-refractivity contribution in [2.45, 2.75) is 31.7 Å². The topological polar surface area (TPSA) is 84.7 Å². The molecule has 3 N–H and O–H groups in total. The third-order valence-corrected chi connectivity index (χ3v) is 5.16. The monoisotopic (exact) mass is 381 g/mol. The van der Waals surface area contributed by atoms with Crippen LogP contribution in [0.5, 0.6) is 5.75 Å². The molecule has 1 fully saturated rings. The van der Waals surface area contributed by atoms with Crippen LogP contribution in [0.25, 0.3) is 0 Å². The van der Waals surface area contributed by atoms with Crippen LogP contribution in [0.1, 0.15) is 47.6 Å². The number of nitrogens with zero attached hydrogens (tertiary/aromatic N) is 1. The van der Waals surface area contributed by atoms with Gasteiger partial charge in [-0.3, -0.25) is 14.5 Å². The van der Waals surface area contributed by atoms with Crippen LogP contribution in [0.4, 0.5) is 5.69 Å². The molecule has 6 heteroatoms. The van der Waals surface area contributed by atoms with Crippen molar-refractivity contribution in [2.24, 2.45) is 5.73 Å². The number of likely N-dealkylation sites (tertiary alicyclic amines) is 1. The molecule has 148 valence electrons. The van der Waals surface area contributed by atoms with Crippen molar-refractivity contribution in [3.8, 4) is 5.75 Å². The number of hydrogen-bond donors (Lipinski definition) is 2. The number of methoxy groups -OCH3 is 1. The van der Waals surface area contributed by atoms with E-state index in [2.05, 4.69) is 22.3 Å². The lowest BCUT2D eigenvalue weighted by Gasteiger charge is -2.29. The molecular formula is C22H27N3O3. The highest BCUT2D eigenvalue weighted by atomic mass is 16.5. The molecule has 0 saturated carbocycles. The summed E-state index contributed by atoms with van der Waals surface area (Å²) in [6.07, 6.45) is 4.46. The van der Waals surface area contributed by atoms with E-state index in [1.807, 2.05) is 12.1 Å². The Morgan fingerprint density at radius 1 is 1.07 bits per heavy atom. The summed E-state index contributed by atoms with van der Waals surface area (Å²) in [6.45, 7) is 1.22. The molecule has 0 spiro atoms. The first kappa shape index (κ1) is 19.9. The molecule has 1 saturated heterocycles. The Morgan fingerprint density at radius 2 is 1.79 bits per heavy atom. The Kier molecular flexibility index (Phi) is 6.66. The number of rotatable bonds is 6. The molecule has 0 radical (unpaired) electrons. The van der Waals surface area contributed by atoms with Gasteiger partial charge >= 0.3 is 0 Å². The zero-order chi connectivity index (χ0) is 19.9. The maximum absolute atomic E-state index is 12.6. The number of carbonyl (C=O) groups excluding carboxylic acids is 2. The Bertz CT molecular complexity index is 803. The summed E-state index contributed by atoms with van der Waals surface area (Å²) in [5, 5.41) is 2.91. The Morgan fingerprint density at radius 3 is 2.43 bits per heavy atom. The summed E-state index contributed by atoms with van der Waals surface area (Å²) in [4.78, 5) is 26.0. The van der Waals surface area contributed by atoms with Crippen molar-refractivity contribution in [1.82, 2.24) is 4.90 Å². The average Bonchev–Trinajstić information content (AvgIpc) is 2.94. The van der Waals surface area contributed by atoms with Crippen molar-refractivity contribution in [3.63, 3.8) is 0 Å². The number of carbonyl (C=O) groups is 2. The number of nitrogens with one attached hydrogen (secondary N) is 1. The molecule has 0 bridgehead atoms. The lowest BCUT2D eigenvalue weighted by Crippen LogP contribution is -2.36. The van der Waals surface area contributed by atoms with Gasteiger partial charge in [0.05, 0.1) is 13.7 Å². The van der Waals surface area contributed by atoms with Gasteiger partial charge in [-0.1, -0.05) is 25.0 Å². The summed E-state index contributed by atoms with van der Waals surface area (Å²) >= 11 is 0. The van der Waals surface area contributed by atoms with Crippen LogP contribution in [0.15, 0.2) is 48.5 Å². The number of amides is 2. The van der Waals surface area contributed by atoms with Gasteiger partial charge < -0.3 is 15.8 Å². The van der Waals surface area contributed by atoms with Crippen LogP contribution in [0.3, 0.4) is 0 Å². The second kappa shape index (κ2) is 9.37. The highest BCUT2D eigenvalue weighted by Crippen LogP contribution is 2.31. The molecule has 3 rings (SSSR count). The van der Waals surface area contributed by atoms with Gasteiger partial charge in [0.15, 0.2) is 0 Å². The molecule has 0 aromatic heterocycles. The zero-order valence-corrected chi connectivity index (χ0v) is 16.2. The third-order valence-electron chi connectivity index (χ3n) is 5.16. The lowest BCUT2D eigenvalue weighted by atomic mass is 10.0. The minimum Gasteiger partial charge on any atom is -0.497 e. The molecular weight excluding hydrogens is 354 g/mol. The van der Waals surface area contributed by atoms with E-state index >= 15 is 0 Å². The standard InChI is InChI=1S/C22H27N3O3/c1-28-19-12-8-16(9-13-19)20-5-3-2-4-14-25(20)15-21(26)24-18-10-6-17(7-11-18)22(23)27/h6-13,20H,2-5,14-15H2,1H3,(H2,23,27)(H,24,26)/t20-/m1/s1. The Hall–Kier alpha value is -2.86. The van der Waals surface area contributed by atoms with Crippen LogP contribution in [-0.4, -0.2) is 36.9 Å². The highest BCUT2D eigenvalue weighted by molar-refractivity contribution is 5.95. The van der Waals surface area contributed by atoms with Crippen LogP contribution in [-0.2, 0) is 4.79 Å². The smallest absolute Gasteiger partial charge is 0.248 e. The molecule has 1 heterocycles. The minimum atomic E-state index is -0.482. The number of ether oxygens (including phenoxy) is 1. The van der Waals surface area contributed by atoms with E-state index in [4.69, 9.17) is 10.5 Å². The van der Waals surface area contributed by atoms with Gasteiger partial charge in [0.25, 0.3) is 0 Å². The van der Waals surface area contributed by atoms with E-state index in [1.165, 1.54) is 12.0 Å². The van der Waals surface area contributed by atoms with Gasteiger partial charge in [-0.2, -0.15) is 0 Å². The first-order valence-electron chi connectivity index (χ1n) is 9.64. The summed E-state index contributed by atoms with van der Waals surface area (Å²) < 4.78 is 5.26. The number of nitrogens with two attached hydrogens (primary N) is 1. The van der Waals surface area contributed by atoms with E-state index in [0.717, 1.165) is 31.6 Å². The predicted molar refractivity (Wildman–Crippen MR) is 109 cm³/mol. The first-order chi connectivity index (χ1) is 13.6. The molecule has 1 atom stereocenters. The number of benzene rings is 2. The van der Waals surface area contributed by atoms with E-state index < -0.39 is 5.91 Å². The Balaban J connectivity index is 1.67. The van der Waals surface area contributed by atoms with Crippen LogP contribution in [0.2, 0.25) is 0 Å². The Labute approximate surface area is 165 Å². The average molecular weight is 381 g/mol. The molecule has 2 aromatic carbocycles. The maximum Gasteiger partial charge on any atom is 0.248 e. The molecule has 2 amide bonds. The minimum absolute atomic E-state index is 0.0627. The van der Waals surface area contributed by atoms with Crippen molar-refractivity contribution in [1.29, 1.82) is 0 Å². The van der Waals surface area contributed by atoms with Gasteiger partial charge in [0.1, 0.15) is 5.75 Å². The van der Waals surface area contributed by atoms with E-state index in [1.54, 1.807) is 31.4 Å². The van der Waals surface area contributed by atoms with Crippen LogP contribution >= 0.6 is 0 Å². The van der Waals surface area contributed by atoms with Gasteiger partial charge in [-0.05, 0) is 61.3 Å². The molecule has 1 aliphatic heterocycles. The van der Waals surface area contributed by atoms with Gasteiger partial charge in [-0.25, -0.2) is 0 Å². The SMILES string of the molecule is COc1ccc([C@H]2CCCCCN2CC(=O)Nc2ccc(C(N)=O)cc2)cc1. The first-order valence-corrected chi connectivity index (χ1v) is 9.64. The van der Waals surface area contributed by atoms with Crippen molar-refractivity contribution < 1.29 is 14.3 Å².